The molecule has 0 bridgehead atoms. The molecule has 2 rings (SSSR count). The first-order valence-corrected chi connectivity index (χ1v) is 6.47. The van der Waals surface area contributed by atoms with E-state index in [4.69, 9.17) is 4.74 Å². The molecule has 0 aromatic carbocycles. The van der Waals surface area contributed by atoms with E-state index in [2.05, 4.69) is 26.1 Å². The highest BCUT2D eigenvalue weighted by atomic mass is 16.5. The molecule has 3 unspecified atom stereocenters. The Morgan fingerprint density at radius 1 is 1.47 bits per heavy atom. The highest BCUT2D eigenvalue weighted by molar-refractivity contribution is 4.98. The minimum Gasteiger partial charge on any atom is -0.372 e. The van der Waals surface area contributed by atoms with Crippen LogP contribution < -0.4 is 5.32 Å². The largest absolute Gasteiger partial charge is 0.372 e. The van der Waals surface area contributed by atoms with Gasteiger partial charge in [-0.05, 0) is 32.1 Å². The summed E-state index contributed by atoms with van der Waals surface area (Å²) in [6.45, 7) is 8.75. The van der Waals surface area contributed by atoms with Crippen LogP contribution in [0.2, 0.25) is 0 Å². The van der Waals surface area contributed by atoms with E-state index in [1.165, 1.54) is 25.7 Å². The van der Waals surface area contributed by atoms with Gasteiger partial charge in [-0.3, -0.25) is 0 Å². The van der Waals surface area contributed by atoms with Gasteiger partial charge < -0.3 is 10.1 Å². The lowest BCUT2D eigenvalue weighted by Crippen LogP contribution is -2.62. The molecule has 0 amide bonds. The molecule has 1 saturated carbocycles. The smallest absolute Gasteiger partial charge is 0.0776 e. The van der Waals surface area contributed by atoms with Crippen molar-refractivity contribution >= 4 is 0 Å². The Labute approximate surface area is 93.8 Å². The van der Waals surface area contributed by atoms with E-state index >= 15 is 0 Å². The average Bonchev–Trinajstić information content (AvgIpc) is 2.24. The van der Waals surface area contributed by atoms with Crippen LogP contribution in [-0.2, 0) is 4.74 Å². The van der Waals surface area contributed by atoms with Crippen molar-refractivity contribution < 1.29 is 4.74 Å². The molecule has 0 aromatic rings. The van der Waals surface area contributed by atoms with Crippen LogP contribution in [-0.4, -0.2) is 24.3 Å². The van der Waals surface area contributed by atoms with Crippen molar-refractivity contribution in [1.29, 1.82) is 0 Å². The number of morpholine rings is 1. The Kier molecular flexibility index (Phi) is 3.09. The first kappa shape index (κ1) is 11.4. The normalized spacial score (nSPS) is 47.0. The van der Waals surface area contributed by atoms with E-state index in [0.29, 0.717) is 5.54 Å². The van der Waals surface area contributed by atoms with E-state index in [0.717, 1.165) is 25.5 Å². The zero-order valence-corrected chi connectivity index (χ0v) is 10.4. The maximum absolute atomic E-state index is 6.09. The maximum atomic E-state index is 6.09. The minimum atomic E-state index is 0.0753. The quantitative estimate of drug-likeness (QED) is 0.720. The summed E-state index contributed by atoms with van der Waals surface area (Å²) in [5, 5.41) is 3.78. The molecule has 1 N–H and O–H groups in total. The second kappa shape index (κ2) is 4.06. The summed E-state index contributed by atoms with van der Waals surface area (Å²) in [4.78, 5) is 0. The van der Waals surface area contributed by atoms with Gasteiger partial charge in [-0.2, -0.15) is 0 Å². The fourth-order valence-electron chi connectivity index (χ4n) is 2.97. The van der Waals surface area contributed by atoms with Crippen LogP contribution >= 0.6 is 0 Å². The summed E-state index contributed by atoms with van der Waals surface area (Å²) in [7, 11) is 0. The lowest BCUT2D eigenvalue weighted by Gasteiger charge is -2.49. The Bertz CT molecular complexity index is 219. The van der Waals surface area contributed by atoms with Crippen molar-refractivity contribution in [3.05, 3.63) is 0 Å². The maximum Gasteiger partial charge on any atom is 0.0776 e. The van der Waals surface area contributed by atoms with Gasteiger partial charge in [-0.15, -0.1) is 0 Å². The molecule has 1 aliphatic heterocycles. The molecular weight excluding hydrogens is 186 g/mol. The van der Waals surface area contributed by atoms with Gasteiger partial charge in [0.2, 0.25) is 0 Å². The first-order chi connectivity index (χ1) is 7.08. The predicted molar refractivity (Wildman–Crippen MR) is 63.0 cm³/mol. The second-order valence-corrected chi connectivity index (χ2v) is 5.93. The van der Waals surface area contributed by atoms with Gasteiger partial charge in [0.25, 0.3) is 0 Å². The molecule has 1 aliphatic carbocycles. The van der Waals surface area contributed by atoms with Crippen LogP contribution in [0.3, 0.4) is 0 Å². The highest BCUT2D eigenvalue weighted by Gasteiger charge is 2.41. The fourth-order valence-corrected chi connectivity index (χ4v) is 2.97. The molecule has 88 valence electrons. The summed E-state index contributed by atoms with van der Waals surface area (Å²) >= 11 is 0. The Morgan fingerprint density at radius 3 is 2.80 bits per heavy atom. The average molecular weight is 211 g/mol. The molecular formula is C13H25NO. The Morgan fingerprint density at radius 2 is 2.27 bits per heavy atom. The molecule has 1 spiro atoms. The fraction of sp³-hybridized carbons (Fsp3) is 1.00. The van der Waals surface area contributed by atoms with Crippen LogP contribution in [0.15, 0.2) is 0 Å². The monoisotopic (exact) mass is 211 g/mol. The highest BCUT2D eigenvalue weighted by Crippen LogP contribution is 2.36. The van der Waals surface area contributed by atoms with Crippen LogP contribution in [0, 0.1) is 5.92 Å². The third-order valence-electron chi connectivity index (χ3n) is 4.37. The van der Waals surface area contributed by atoms with E-state index in [1.807, 2.05) is 0 Å². The number of ether oxygens (including phenoxy) is 1. The first-order valence-electron chi connectivity index (χ1n) is 6.47. The third-order valence-corrected chi connectivity index (χ3v) is 4.37. The standard InChI is InChI=1S/C13H25NO/c1-4-12(3)9-14-13(10-15-12)7-5-6-11(2)8-13/h11,14H,4-10H2,1-3H3. The second-order valence-electron chi connectivity index (χ2n) is 5.93. The molecule has 0 aromatic heterocycles. The van der Waals surface area contributed by atoms with Gasteiger partial charge in [0.05, 0.1) is 12.2 Å². The van der Waals surface area contributed by atoms with Crippen molar-refractivity contribution in [2.75, 3.05) is 13.2 Å². The Hall–Kier alpha value is -0.0800. The van der Waals surface area contributed by atoms with Crippen LogP contribution in [0.4, 0.5) is 0 Å². The van der Waals surface area contributed by atoms with Gasteiger partial charge in [-0.1, -0.05) is 26.7 Å². The molecule has 0 radical (unpaired) electrons. The van der Waals surface area contributed by atoms with Crippen molar-refractivity contribution in [3.8, 4) is 0 Å². The van der Waals surface area contributed by atoms with Gasteiger partial charge in [0.1, 0.15) is 0 Å². The summed E-state index contributed by atoms with van der Waals surface area (Å²) in [5.74, 6) is 0.862. The van der Waals surface area contributed by atoms with Gasteiger partial charge in [0.15, 0.2) is 0 Å². The molecule has 1 heterocycles. The lowest BCUT2D eigenvalue weighted by atomic mass is 9.75. The van der Waals surface area contributed by atoms with Crippen molar-refractivity contribution in [2.24, 2.45) is 5.92 Å². The summed E-state index contributed by atoms with van der Waals surface area (Å²) in [5.41, 5.74) is 0.387. The van der Waals surface area contributed by atoms with Crippen LogP contribution in [0.5, 0.6) is 0 Å². The van der Waals surface area contributed by atoms with E-state index in [9.17, 15) is 0 Å². The summed E-state index contributed by atoms with van der Waals surface area (Å²) in [6, 6.07) is 0. The zero-order chi connectivity index (χ0) is 10.9. The number of hydrogen-bond acceptors (Lipinski definition) is 2. The minimum absolute atomic E-state index is 0.0753. The molecule has 2 aliphatic rings. The number of rotatable bonds is 1. The predicted octanol–water partition coefficient (Wildman–Crippen LogP) is 2.72. The molecule has 2 nitrogen and oxygen atoms in total. The van der Waals surface area contributed by atoms with Crippen LogP contribution in [0.25, 0.3) is 0 Å². The van der Waals surface area contributed by atoms with Crippen LogP contribution in [0.1, 0.15) is 52.9 Å². The molecule has 15 heavy (non-hydrogen) atoms. The van der Waals surface area contributed by atoms with Crippen molar-refractivity contribution in [2.45, 2.75) is 64.0 Å². The molecule has 2 fully saturated rings. The lowest BCUT2D eigenvalue weighted by molar-refractivity contribution is -0.111. The Balaban J connectivity index is 1.96. The van der Waals surface area contributed by atoms with Crippen molar-refractivity contribution in [3.63, 3.8) is 0 Å². The molecule has 3 atom stereocenters. The third kappa shape index (κ3) is 2.36. The van der Waals surface area contributed by atoms with Gasteiger partial charge in [-0.25, -0.2) is 0 Å². The molecule has 2 heteroatoms. The van der Waals surface area contributed by atoms with Gasteiger partial charge >= 0.3 is 0 Å². The van der Waals surface area contributed by atoms with E-state index < -0.39 is 0 Å². The van der Waals surface area contributed by atoms with E-state index in [-0.39, 0.29) is 5.60 Å². The van der Waals surface area contributed by atoms with Crippen molar-refractivity contribution in [1.82, 2.24) is 5.32 Å². The topological polar surface area (TPSA) is 21.3 Å². The summed E-state index contributed by atoms with van der Waals surface area (Å²) in [6.07, 6.45) is 6.46. The molecule has 1 saturated heterocycles. The number of nitrogens with one attached hydrogen (secondary N) is 1. The SMILES string of the molecule is CCC1(C)CNC2(CCCC(C)C2)CO1. The summed E-state index contributed by atoms with van der Waals surface area (Å²) < 4.78 is 6.09. The van der Waals surface area contributed by atoms with Gasteiger partial charge in [0, 0.05) is 12.1 Å². The zero-order valence-electron chi connectivity index (χ0n) is 10.4. The number of hydrogen-bond donors (Lipinski definition) is 1. The van der Waals surface area contributed by atoms with E-state index in [1.54, 1.807) is 0 Å².